The molecular formula is C20H16FIN4O4. The number of nitrogens with zero attached hydrogens (tertiary/aromatic N) is 3. The molecule has 0 bridgehead atoms. The Morgan fingerprint density at radius 1 is 1.30 bits per heavy atom. The molecule has 3 rings (SSSR count). The molecule has 0 radical (unpaired) electrons. The summed E-state index contributed by atoms with van der Waals surface area (Å²) in [6, 6.07) is 12.4. The molecule has 0 atom stereocenters. The van der Waals surface area contributed by atoms with Gasteiger partial charge in [0.15, 0.2) is 11.5 Å². The minimum atomic E-state index is -0.538. The first-order valence-corrected chi connectivity index (χ1v) is 9.69. The average Bonchev–Trinajstić information content (AvgIpc) is 2.74. The molecule has 0 amide bonds. The highest BCUT2D eigenvalue weighted by Crippen LogP contribution is 2.34. The molecule has 0 aliphatic carbocycles. The lowest BCUT2D eigenvalue weighted by Crippen LogP contribution is -2.02. The Morgan fingerprint density at radius 2 is 2.07 bits per heavy atom. The molecule has 1 heterocycles. The van der Waals surface area contributed by atoms with Gasteiger partial charge in [0.25, 0.3) is 0 Å². The van der Waals surface area contributed by atoms with E-state index in [1.807, 2.05) is 6.07 Å². The highest BCUT2D eigenvalue weighted by Gasteiger charge is 2.14. The molecule has 0 fully saturated rings. The van der Waals surface area contributed by atoms with Crippen LogP contribution in [0.3, 0.4) is 0 Å². The van der Waals surface area contributed by atoms with Gasteiger partial charge in [0, 0.05) is 12.3 Å². The summed E-state index contributed by atoms with van der Waals surface area (Å²) in [7, 11) is 1.52. The number of aromatic nitrogens is 1. The number of methoxy groups -OCH3 is 1. The number of hydrazone groups is 1. The maximum Gasteiger partial charge on any atom is 0.313 e. The van der Waals surface area contributed by atoms with E-state index in [-0.39, 0.29) is 23.9 Å². The Morgan fingerprint density at radius 3 is 2.77 bits per heavy atom. The van der Waals surface area contributed by atoms with Gasteiger partial charge in [-0.05, 0) is 64.0 Å². The molecule has 1 aromatic heterocycles. The van der Waals surface area contributed by atoms with Crippen molar-refractivity contribution in [2.75, 3.05) is 12.5 Å². The predicted octanol–water partition coefficient (Wildman–Crippen LogP) is 4.77. The molecule has 0 spiro atoms. The van der Waals surface area contributed by atoms with E-state index in [4.69, 9.17) is 9.47 Å². The Labute approximate surface area is 185 Å². The first-order chi connectivity index (χ1) is 14.5. The second kappa shape index (κ2) is 9.96. The Balaban J connectivity index is 1.74. The molecule has 154 valence electrons. The van der Waals surface area contributed by atoms with Crippen LogP contribution in [0.15, 0.2) is 59.8 Å². The number of nitrogens with one attached hydrogen (secondary N) is 1. The highest BCUT2D eigenvalue weighted by molar-refractivity contribution is 14.1. The van der Waals surface area contributed by atoms with Crippen molar-refractivity contribution in [2.24, 2.45) is 5.10 Å². The second-order valence-corrected chi connectivity index (χ2v) is 7.11. The SMILES string of the molecule is COc1cc(/C=N\Nc2ncccc2[N+](=O)[O-])cc(I)c1OCc1ccc(F)cc1. The van der Waals surface area contributed by atoms with Crippen LogP contribution in [-0.2, 0) is 6.61 Å². The van der Waals surface area contributed by atoms with Crippen LogP contribution in [-0.4, -0.2) is 23.2 Å². The average molecular weight is 522 g/mol. The third-order valence-corrected chi connectivity index (χ3v) is 4.72. The summed E-state index contributed by atoms with van der Waals surface area (Å²) >= 11 is 2.11. The number of ether oxygens (including phenoxy) is 2. The zero-order valence-corrected chi connectivity index (χ0v) is 17.9. The summed E-state index contributed by atoms with van der Waals surface area (Å²) in [5.41, 5.74) is 3.91. The van der Waals surface area contributed by atoms with Crippen molar-refractivity contribution < 1.29 is 18.8 Å². The van der Waals surface area contributed by atoms with E-state index >= 15 is 0 Å². The molecule has 1 N–H and O–H groups in total. The lowest BCUT2D eigenvalue weighted by molar-refractivity contribution is -0.384. The summed E-state index contributed by atoms with van der Waals surface area (Å²) in [6.45, 7) is 0.255. The first-order valence-electron chi connectivity index (χ1n) is 8.61. The summed E-state index contributed by atoms with van der Waals surface area (Å²) in [5.74, 6) is 0.779. The number of rotatable bonds is 8. The summed E-state index contributed by atoms with van der Waals surface area (Å²) < 4.78 is 25.1. The topological polar surface area (TPSA) is 98.9 Å². The molecule has 0 aliphatic heterocycles. The van der Waals surface area contributed by atoms with E-state index in [1.165, 1.54) is 43.8 Å². The first kappa shape index (κ1) is 21.4. The standard InChI is InChI=1S/C20H16FIN4O4/c1-29-18-10-14(11-24-25-20-17(26(27)28)3-2-8-23-20)9-16(22)19(18)30-12-13-4-6-15(21)7-5-13/h2-11H,12H2,1H3,(H,23,25)/b24-11-. The molecule has 3 aromatic rings. The van der Waals surface area contributed by atoms with Crippen molar-refractivity contribution in [1.29, 1.82) is 0 Å². The number of benzene rings is 2. The highest BCUT2D eigenvalue weighted by atomic mass is 127. The van der Waals surface area contributed by atoms with Crippen LogP contribution in [0.5, 0.6) is 11.5 Å². The van der Waals surface area contributed by atoms with E-state index < -0.39 is 4.92 Å². The fraction of sp³-hybridized carbons (Fsp3) is 0.100. The Hall–Kier alpha value is -3.28. The van der Waals surface area contributed by atoms with E-state index in [9.17, 15) is 14.5 Å². The van der Waals surface area contributed by atoms with Gasteiger partial charge in [-0.25, -0.2) is 9.37 Å². The van der Waals surface area contributed by atoms with Crippen LogP contribution in [0.4, 0.5) is 15.9 Å². The quantitative estimate of drug-likeness (QED) is 0.198. The van der Waals surface area contributed by atoms with Gasteiger partial charge in [-0.3, -0.25) is 15.5 Å². The largest absolute Gasteiger partial charge is 0.493 e. The van der Waals surface area contributed by atoms with Crippen molar-refractivity contribution >= 4 is 40.3 Å². The van der Waals surface area contributed by atoms with Gasteiger partial charge < -0.3 is 9.47 Å². The molecule has 8 nitrogen and oxygen atoms in total. The van der Waals surface area contributed by atoms with Crippen molar-refractivity contribution in [3.05, 3.63) is 85.4 Å². The lowest BCUT2D eigenvalue weighted by atomic mass is 10.2. The van der Waals surface area contributed by atoms with E-state index in [1.54, 1.807) is 18.2 Å². The molecular weight excluding hydrogens is 506 g/mol. The monoisotopic (exact) mass is 522 g/mol. The minimum Gasteiger partial charge on any atom is -0.493 e. The predicted molar refractivity (Wildman–Crippen MR) is 119 cm³/mol. The number of nitro groups is 1. The number of hydrogen-bond donors (Lipinski definition) is 1. The Bertz CT molecular complexity index is 1080. The molecule has 0 saturated heterocycles. The van der Waals surface area contributed by atoms with E-state index in [2.05, 4.69) is 38.1 Å². The Kier molecular flexibility index (Phi) is 7.12. The summed E-state index contributed by atoms with van der Waals surface area (Å²) in [5, 5.41) is 15.1. The molecule has 0 aliphatic rings. The maximum absolute atomic E-state index is 13.0. The van der Waals surface area contributed by atoms with Gasteiger partial charge in [0.1, 0.15) is 12.4 Å². The smallest absolute Gasteiger partial charge is 0.313 e. The summed E-state index contributed by atoms with van der Waals surface area (Å²) in [6.07, 6.45) is 2.93. The van der Waals surface area contributed by atoms with Crippen molar-refractivity contribution in [2.45, 2.75) is 6.61 Å². The van der Waals surface area contributed by atoms with Crippen LogP contribution in [0.1, 0.15) is 11.1 Å². The fourth-order valence-electron chi connectivity index (χ4n) is 2.49. The fourth-order valence-corrected chi connectivity index (χ4v) is 3.27. The third-order valence-electron chi connectivity index (χ3n) is 3.92. The molecule has 30 heavy (non-hydrogen) atoms. The van der Waals surface area contributed by atoms with Crippen LogP contribution in [0, 0.1) is 19.5 Å². The second-order valence-electron chi connectivity index (χ2n) is 5.95. The van der Waals surface area contributed by atoms with Crippen molar-refractivity contribution in [3.8, 4) is 11.5 Å². The van der Waals surface area contributed by atoms with Crippen molar-refractivity contribution in [1.82, 2.24) is 4.98 Å². The minimum absolute atomic E-state index is 0.0414. The molecule has 0 saturated carbocycles. The molecule has 2 aromatic carbocycles. The normalized spacial score (nSPS) is 10.8. The van der Waals surface area contributed by atoms with Gasteiger partial charge in [-0.2, -0.15) is 5.10 Å². The lowest BCUT2D eigenvalue weighted by Gasteiger charge is -2.13. The number of hydrogen-bond acceptors (Lipinski definition) is 7. The molecule has 10 heteroatoms. The van der Waals surface area contributed by atoms with E-state index in [0.717, 1.165) is 9.13 Å². The van der Waals surface area contributed by atoms with Gasteiger partial charge in [0.05, 0.1) is 21.8 Å². The van der Waals surface area contributed by atoms with Crippen LogP contribution < -0.4 is 14.9 Å². The van der Waals surface area contributed by atoms with Gasteiger partial charge in [-0.1, -0.05) is 12.1 Å². The maximum atomic E-state index is 13.0. The van der Waals surface area contributed by atoms with Gasteiger partial charge in [0.2, 0.25) is 5.82 Å². The van der Waals surface area contributed by atoms with Crippen LogP contribution in [0.25, 0.3) is 0 Å². The van der Waals surface area contributed by atoms with Gasteiger partial charge in [-0.15, -0.1) is 0 Å². The zero-order valence-electron chi connectivity index (χ0n) is 15.7. The van der Waals surface area contributed by atoms with Crippen LogP contribution in [0.2, 0.25) is 0 Å². The number of anilines is 1. The number of halogens is 2. The number of pyridine rings is 1. The van der Waals surface area contributed by atoms with E-state index in [0.29, 0.717) is 17.1 Å². The van der Waals surface area contributed by atoms with Crippen LogP contribution >= 0.6 is 22.6 Å². The zero-order chi connectivity index (χ0) is 21.5. The van der Waals surface area contributed by atoms with Gasteiger partial charge >= 0.3 is 5.69 Å². The summed E-state index contributed by atoms with van der Waals surface area (Å²) in [4.78, 5) is 14.4. The third kappa shape index (κ3) is 5.41. The van der Waals surface area contributed by atoms with Crippen molar-refractivity contribution in [3.63, 3.8) is 0 Å². The molecule has 0 unspecified atom stereocenters.